The Morgan fingerprint density at radius 1 is 1.21 bits per heavy atom. The van der Waals surface area contributed by atoms with Crippen LogP contribution in [0.15, 0.2) is 52.5 Å². The van der Waals surface area contributed by atoms with E-state index in [0.29, 0.717) is 5.02 Å². The third-order valence-electron chi connectivity index (χ3n) is 2.75. The fraction of sp³-hybridized carbons (Fsp3) is 0.0714. The van der Waals surface area contributed by atoms with Gasteiger partial charge in [0.2, 0.25) is 0 Å². The molecule has 0 aliphatic heterocycles. The average molecular weight is 291 g/mol. The van der Waals surface area contributed by atoms with Crippen LogP contribution in [0.25, 0.3) is 11.0 Å². The minimum Gasteiger partial charge on any atom is -0.392 e. The number of imidazole rings is 1. The Balaban J connectivity index is 1.92. The van der Waals surface area contributed by atoms with E-state index < -0.39 is 0 Å². The molecule has 0 aliphatic carbocycles. The highest BCUT2D eigenvalue weighted by Gasteiger charge is 2.07. The summed E-state index contributed by atoms with van der Waals surface area (Å²) in [5.74, 6) is 0. The van der Waals surface area contributed by atoms with Gasteiger partial charge >= 0.3 is 0 Å². The Hall–Kier alpha value is -1.49. The van der Waals surface area contributed by atoms with Crippen molar-refractivity contribution in [1.29, 1.82) is 0 Å². The highest BCUT2D eigenvalue weighted by atomic mass is 35.5. The van der Waals surface area contributed by atoms with Crippen LogP contribution in [0.1, 0.15) is 5.56 Å². The first-order chi connectivity index (χ1) is 9.26. The van der Waals surface area contributed by atoms with Crippen molar-refractivity contribution in [2.45, 2.75) is 16.7 Å². The summed E-state index contributed by atoms with van der Waals surface area (Å²) < 4.78 is 0. The maximum atomic E-state index is 9.05. The summed E-state index contributed by atoms with van der Waals surface area (Å²) in [6.45, 7) is -0.00466. The molecule has 0 spiro atoms. The molecule has 96 valence electrons. The first-order valence-electron chi connectivity index (χ1n) is 5.78. The van der Waals surface area contributed by atoms with Crippen LogP contribution in [-0.4, -0.2) is 15.1 Å². The molecular formula is C14H11ClN2OS. The monoisotopic (exact) mass is 290 g/mol. The Morgan fingerprint density at radius 2 is 2.05 bits per heavy atom. The second-order valence-electron chi connectivity index (χ2n) is 4.08. The van der Waals surface area contributed by atoms with Crippen LogP contribution in [0.5, 0.6) is 0 Å². The van der Waals surface area contributed by atoms with Crippen molar-refractivity contribution in [2.75, 3.05) is 0 Å². The van der Waals surface area contributed by atoms with Gasteiger partial charge in [-0.2, -0.15) is 0 Å². The topological polar surface area (TPSA) is 48.9 Å². The van der Waals surface area contributed by atoms with Crippen molar-refractivity contribution in [2.24, 2.45) is 0 Å². The van der Waals surface area contributed by atoms with Crippen molar-refractivity contribution in [1.82, 2.24) is 9.97 Å². The number of benzene rings is 2. The third-order valence-corrected chi connectivity index (χ3v) is 4.14. The number of fused-ring (bicyclic) bond motifs is 1. The standard InChI is InChI=1S/C14H11ClN2OS/c15-10-7-9(8-18)5-6-13(10)19-14-16-11-3-1-2-4-12(11)17-14/h1-7,18H,8H2,(H,16,17). The molecule has 0 saturated heterocycles. The molecule has 0 aliphatic rings. The van der Waals surface area contributed by atoms with Crippen LogP contribution < -0.4 is 0 Å². The van der Waals surface area contributed by atoms with Gasteiger partial charge in [-0.25, -0.2) is 4.98 Å². The van der Waals surface area contributed by atoms with Crippen molar-refractivity contribution < 1.29 is 5.11 Å². The Labute approximate surface area is 119 Å². The fourth-order valence-electron chi connectivity index (χ4n) is 1.81. The molecular weight excluding hydrogens is 280 g/mol. The van der Waals surface area contributed by atoms with E-state index >= 15 is 0 Å². The second kappa shape index (κ2) is 5.25. The van der Waals surface area contributed by atoms with E-state index in [1.165, 1.54) is 11.8 Å². The first-order valence-corrected chi connectivity index (χ1v) is 6.97. The molecule has 3 aromatic rings. The number of hydrogen-bond acceptors (Lipinski definition) is 3. The molecule has 0 unspecified atom stereocenters. The third kappa shape index (κ3) is 2.61. The summed E-state index contributed by atoms with van der Waals surface area (Å²) in [6, 6.07) is 13.4. The van der Waals surface area contributed by atoms with Gasteiger partial charge in [-0.1, -0.05) is 41.6 Å². The molecule has 0 saturated carbocycles. The average Bonchev–Trinajstić information content (AvgIpc) is 2.83. The van der Waals surface area contributed by atoms with Gasteiger partial charge in [-0.3, -0.25) is 0 Å². The van der Waals surface area contributed by atoms with E-state index in [-0.39, 0.29) is 6.61 Å². The molecule has 3 nitrogen and oxygen atoms in total. The molecule has 1 aromatic heterocycles. The summed E-state index contributed by atoms with van der Waals surface area (Å²) in [5.41, 5.74) is 2.75. The van der Waals surface area contributed by atoms with Gasteiger partial charge in [-0.15, -0.1) is 0 Å². The summed E-state index contributed by atoms with van der Waals surface area (Å²) in [4.78, 5) is 8.65. The number of para-hydroxylation sites is 2. The molecule has 0 bridgehead atoms. The van der Waals surface area contributed by atoms with Crippen LogP contribution in [-0.2, 0) is 6.61 Å². The van der Waals surface area contributed by atoms with Crippen LogP contribution in [0.2, 0.25) is 5.02 Å². The Bertz CT molecular complexity index is 693. The fourth-order valence-corrected chi connectivity index (χ4v) is 2.93. The van der Waals surface area contributed by atoms with E-state index in [4.69, 9.17) is 16.7 Å². The molecule has 0 fully saturated rings. The van der Waals surface area contributed by atoms with Gasteiger partial charge in [0.1, 0.15) is 0 Å². The van der Waals surface area contributed by atoms with Gasteiger partial charge in [0, 0.05) is 4.90 Å². The number of aromatic amines is 1. The Morgan fingerprint density at radius 3 is 2.79 bits per heavy atom. The largest absolute Gasteiger partial charge is 0.392 e. The van der Waals surface area contributed by atoms with E-state index in [1.54, 1.807) is 6.07 Å². The molecule has 0 atom stereocenters. The zero-order chi connectivity index (χ0) is 13.2. The minimum absolute atomic E-state index is 0.00466. The van der Waals surface area contributed by atoms with Gasteiger partial charge in [0.25, 0.3) is 0 Å². The lowest BCUT2D eigenvalue weighted by atomic mass is 10.2. The smallest absolute Gasteiger partial charge is 0.171 e. The van der Waals surface area contributed by atoms with Gasteiger partial charge in [0.15, 0.2) is 5.16 Å². The number of nitrogens with zero attached hydrogens (tertiary/aromatic N) is 1. The molecule has 19 heavy (non-hydrogen) atoms. The minimum atomic E-state index is -0.00466. The summed E-state index contributed by atoms with van der Waals surface area (Å²) >= 11 is 7.66. The maximum absolute atomic E-state index is 9.05. The van der Waals surface area contributed by atoms with Crippen molar-refractivity contribution in [3.63, 3.8) is 0 Å². The normalized spacial score (nSPS) is 11.1. The summed E-state index contributed by atoms with van der Waals surface area (Å²) in [7, 11) is 0. The van der Waals surface area contributed by atoms with E-state index in [1.807, 2.05) is 36.4 Å². The number of H-pyrrole nitrogens is 1. The van der Waals surface area contributed by atoms with Crippen molar-refractivity contribution in [3.05, 3.63) is 53.1 Å². The van der Waals surface area contributed by atoms with E-state index in [9.17, 15) is 0 Å². The first kappa shape index (κ1) is 12.5. The summed E-state index contributed by atoms with van der Waals surface area (Å²) in [5, 5.41) is 10.5. The molecule has 0 radical (unpaired) electrons. The lowest BCUT2D eigenvalue weighted by molar-refractivity contribution is 0.282. The van der Waals surface area contributed by atoms with Crippen molar-refractivity contribution >= 4 is 34.4 Å². The zero-order valence-electron chi connectivity index (χ0n) is 9.93. The molecule has 1 heterocycles. The highest BCUT2D eigenvalue weighted by molar-refractivity contribution is 7.99. The maximum Gasteiger partial charge on any atom is 0.171 e. The van der Waals surface area contributed by atoms with E-state index in [2.05, 4.69) is 9.97 Å². The SMILES string of the molecule is OCc1ccc(Sc2nc3ccccc3[nH]2)c(Cl)c1. The quantitative estimate of drug-likeness (QED) is 0.770. The molecule has 2 aromatic carbocycles. The number of nitrogens with one attached hydrogen (secondary N) is 1. The van der Waals surface area contributed by atoms with Crippen LogP contribution in [0.3, 0.4) is 0 Å². The summed E-state index contributed by atoms with van der Waals surface area (Å²) in [6.07, 6.45) is 0. The zero-order valence-corrected chi connectivity index (χ0v) is 11.5. The molecule has 0 amide bonds. The van der Waals surface area contributed by atoms with Crippen LogP contribution in [0, 0.1) is 0 Å². The highest BCUT2D eigenvalue weighted by Crippen LogP contribution is 2.33. The van der Waals surface area contributed by atoms with Gasteiger partial charge in [0.05, 0.1) is 22.7 Å². The van der Waals surface area contributed by atoms with Gasteiger partial charge in [-0.05, 0) is 29.8 Å². The predicted molar refractivity (Wildman–Crippen MR) is 77.6 cm³/mol. The number of halogens is 1. The molecule has 2 N–H and O–H groups in total. The number of hydrogen-bond donors (Lipinski definition) is 2. The lowest BCUT2D eigenvalue weighted by Gasteiger charge is -2.03. The number of rotatable bonds is 3. The molecule has 5 heteroatoms. The van der Waals surface area contributed by atoms with Crippen LogP contribution >= 0.6 is 23.4 Å². The number of aliphatic hydroxyl groups is 1. The number of aromatic nitrogens is 2. The predicted octanol–water partition coefficient (Wildman–Crippen LogP) is 3.86. The van der Waals surface area contributed by atoms with Crippen molar-refractivity contribution in [3.8, 4) is 0 Å². The van der Waals surface area contributed by atoms with Gasteiger partial charge < -0.3 is 10.1 Å². The second-order valence-corrected chi connectivity index (χ2v) is 5.52. The molecule has 3 rings (SSSR count). The van der Waals surface area contributed by atoms with E-state index in [0.717, 1.165) is 26.6 Å². The number of aliphatic hydroxyl groups excluding tert-OH is 1. The van der Waals surface area contributed by atoms with Crippen LogP contribution in [0.4, 0.5) is 0 Å². The lowest BCUT2D eigenvalue weighted by Crippen LogP contribution is -1.84. The Kier molecular flexibility index (Phi) is 3.46.